The van der Waals surface area contributed by atoms with E-state index in [0.717, 1.165) is 17.0 Å². The molecule has 0 aromatic heterocycles. The quantitative estimate of drug-likeness (QED) is 0.677. The minimum absolute atomic E-state index is 0.180. The molecule has 0 unspecified atom stereocenters. The second-order valence-electron chi connectivity index (χ2n) is 5.74. The number of anilines is 2. The summed E-state index contributed by atoms with van der Waals surface area (Å²) < 4.78 is 18.0. The molecule has 0 aliphatic heterocycles. The molecule has 0 bridgehead atoms. The number of hydrogen-bond donors (Lipinski definition) is 2. The van der Waals surface area contributed by atoms with Crippen molar-refractivity contribution in [1.29, 1.82) is 0 Å². The predicted octanol–water partition coefficient (Wildman–Crippen LogP) is 4.70. The molecule has 3 aromatic rings. The fourth-order valence-corrected chi connectivity index (χ4v) is 2.42. The maximum absolute atomic E-state index is 12.9. The lowest BCUT2D eigenvalue weighted by atomic mass is 10.1. The molecule has 0 fully saturated rings. The Morgan fingerprint density at radius 3 is 2.12 bits per heavy atom. The molecule has 132 valence electrons. The maximum atomic E-state index is 12.9. The van der Waals surface area contributed by atoms with Crippen LogP contribution in [0.2, 0.25) is 0 Å². The molecule has 0 atom stereocenters. The molecule has 0 heterocycles. The van der Waals surface area contributed by atoms with Crippen molar-refractivity contribution in [2.75, 3.05) is 17.7 Å². The Morgan fingerprint density at radius 1 is 0.885 bits per heavy atom. The summed E-state index contributed by atoms with van der Waals surface area (Å²) in [6, 6.07) is 20.7. The molecule has 2 N–H and O–H groups in total. The van der Waals surface area contributed by atoms with Gasteiger partial charge in [-0.1, -0.05) is 12.1 Å². The predicted molar refractivity (Wildman–Crippen MR) is 101 cm³/mol. The van der Waals surface area contributed by atoms with Crippen LogP contribution in [0.15, 0.2) is 72.8 Å². The number of ether oxygens (including phenoxy) is 1. The first-order valence-corrected chi connectivity index (χ1v) is 8.18. The Labute approximate surface area is 151 Å². The number of halogens is 1. The van der Waals surface area contributed by atoms with Gasteiger partial charge in [0.2, 0.25) is 0 Å². The Kier molecular flexibility index (Phi) is 5.49. The van der Waals surface area contributed by atoms with Crippen molar-refractivity contribution in [2.45, 2.75) is 6.54 Å². The Balaban J connectivity index is 1.57. The van der Waals surface area contributed by atoms with Crippen molar-refractivity contribution in [3.05, 3.63) is 89.7 Å². The summed E-state index contributed by atoms with van der Waals surface area (Å²) in [5.41, 5.74) is 3.13. The van der Waals surface area contributed by atoms with Gasteiger partial charge in [0.25, 0.3) is 5.91 Å². The van der Waals surface area contributed by atoms with Crippen molar-refractivity contribution in [3.63, 3.8) is 0 Å². The van der Waals surface area contributed by atoms with Gasteiger partial charge in [0.05, 0.1) is 7.11 Å². The minimum atomic E-state index is -0.249. The number of hydrogen-bond acceptors (Lipinski definition) is 3. The summed E-state index contributed by atoms with van der Waals surface area (Å²) >= 11 is 0. The van der Waals surface area contributed by atoms with Crippen LogP contribution in [0.25, 0.3) is 0 Å². The van der Waals surface area contributed by atoms with E-state index < -0.39 is 0 Å². The number of rotatable bonds is 6. The van der Waals surface area contributed by atoms with Crippen LogP contribution < -0.4 is 15.4 Å². The number of nitrogens with one attached hydrogen (secondary N) is 2. The summed E-state index contributed by atoms with van der Waals surface area (Å²) in [7, 11) is 1.60. The summed E-state index contributed by atoms with van der Waals surface area (Å²) in [4.78, 5) is 12.3. The van der Waals surface area contributed by atoms with E-state index in [-0.39, 0.29) is 11.7 Å². The third-order valence-corrected chi connectivity index (χ3v) is 3.90. The van der Waals surface area contributed by atoms with Crippen LogP contribution in [0.5, 0.6) is 5.75 Å². The molecular formula is C21H19FN2O2. The molecule has 0 radical (unpaired) electrons. The molecule has 0 aliphatic rings. The van der Waals surface area contributed by atoms with Gasteiger partial charge in [-0.05, 0) is 66.2 Å². The highest BCUT2D eigenvalue weighted by atomic mass is 19.1. The van der Waals surface area contributed by atoms with Gasteiger partial charge < -0.3 is 15.4 Å². The van der Waals surface area contributed by atoms with Gasteiger partial charge in [-0.15, -0.1) is 0 Å². The van der Waals surface area contributed by atoms with Crippen molar-refractivity contribution >= 4 is 17.3 Å². The van der Waals surface area contributed by atoms with E-state index >= 15 is 0 Å². The van der Waals surface area contributed by atoms with Crippen LogP contribution >= 0.6 is 0 Å². The Hall–Kier alpha value is -3.34. The maximum Gasteiger partial charge on any atom is 0.255 e. The van der Waals surface area contributed by atoms with Crippen LogP contribution in [0.3, 0.4) is 0 Å². The van der Waals surface area contributed by atoms with Crippen LogP contribution in [0.1, 0.15) is 15.9 Å². The molecule has 0 spiro atoms. The molecule has 5 heteroatoms. The summed E-state index contributed by atoms with van der Waals surface area (Å²) in [5.74, 6) is 0.306. The van der Waals surface area contributed by atoms with Crippen molar-refractivity contribution in [2.24, 2.45) is 0 Å². The van der Waals surface area contributed by atoms with Crippen LogP contribution in [0, 0.1) is 5.82 Å². The first-order chi connectivity index (χ1) is 12.6. The Bertz CT molecular complexity index is 860. The largest absolute Gasteiger partial charge is 0.497 e. The highest BCUT2D eigenvalue weighted by Gasteiger charge is 2.06. The normalized spacial score (nSPS) is 10.2. The van der Waals surface area contributed by atoms with E-state index in [9.17, 15) is 9.18 Å². The molecule has 0 saturated carbocycles. The third-order valence-electron chi connectivity index (χ3n) is 3.90. The number of methoxy groups -OCH3 is 1. The fraction of sp³-hybridized carbons (Fsp3) is 0.0952. The zero-order valence-corrected chi connectivity index (χ0v) is 14.3. The lowest BCUT2D eigenvalue weighted by molar-refractivity contribution is 0.102. The smallest absolute Gasteiger partial charge is 0.255 e. The average Bonchev–Trinajstić information content (AvgIpc) is 2.68. The number of carbonyl (C=O) groups excluding carboxylic acids is 1. The highest BCUT2D eigenvalue weighted by molar-refractivity contribution is 6.04. The van der Waals surface area contributed by atoms with Crippen LogP contribution in [-0.4, -0.2) is 13.0 Å². The van der Waals surface area contributed by atoms with Crippen molar-refractivity contribution in [1.82, 2.24) is 0 Å². The average molecular weight is 350 g/mol. The lowest BCUT2D eigenvalue weighted by Gasteiger charge is -2.09. The van der Waals surface area contributed by atoms with Crippen LogP contribution in [-0.2, 0) is 6.54 Å². The molecule has 3 aromatic carbocycles. The topological polar surface area (TPSA) is 50.4 Å². The third kappa shape index (κ3) is 4.60. The van der Waals surface area contributed by atoms with Gasteiger partial charge in [-0.3, -0.25) is 4.79 Å². The molecule has 0 saturated heterocycles. The molecule has 1 amide bonds. The lowest BCUT2D eigenvalue weighted by Crippen LogP contribution is -2.11. The molecule has 4 nitrogen and oxygen atoms in total. The van der Waals surface area contributed by atoms with E-state index in [4.69, 9.17) is 4.74 Å². The first kappa shape index (κ1) is 17.5. The van der Waals surface area contributed by atoms with E-state index in [1.807, 2.05) is 12.1 Å². The van der Waals surface area contributed by atoms with Gasteiger partial charge >= 0.3 is 0 Å². The minimum Gasteiger partial charge on any atom is -0.497 e. The van der Waals surface area contributed by atoms with Crippen LogP contribution in [0.4, 0.5) is 15.8 Å². The molecule has 26 heavy (non-hydrogen) atoms. The number of carbonyl (C=O) groups is 1. The molecule has 3 rings (SSSR count). The molecular weight excluding hydrogens is 331 g/mol. The fourth-order valence-electron chi connectivity index (χ4n) is 2.42. The van der Waals surface area contributed by atoms with Gasteiger partial charge in [-0.25, -0.2) is 4.39 Å². The van der Waals surface area contributed by atoms with E-state index in [1.54, 1.807) is 55.6 Å². The van der Waals surface area contributed by atoms with E-state index in [2.05, 4.69) is 10.6 Å². The SMILES string of the molecule is COc1ccc(NC(=O)c2ccc(NCc3ccc(F)cc3)cc2)cc1. The zero-order valence-electron chi connectivity index (χ0n) is 14.3. The van der Waals surface area contributed by atoms with Gasteiger partial charge in [0.15, 0.2) is 0 Å². The summed E-state index contributed by atoms with van der Waals surface area (Å²) in [6.07, 6.45) is 0. The van der Waals surface area contributed by atoms with Crippen molar-refractivity contribution < 1.29 is 13.9 Å². The summed E-state index contributed by atoms with van der Waals surface area (Å²) in [6.45, 7) is 0.581. The van der Waals surface area contributed by atoms with Gasteiger partial charge in [0.1, 0.15) is 11.6 Å². The Morgan fingerprint density at radius 2 is 1.50 bits per heavy atom. The first-order valence-electron chi connectivity index (χ1n) is 8.18. The second kappa shape index (κ2) is 8.16. The monoisotopic (exact) mass is 350 g/mol. The van der Waals surface area contributed by atoms with Gasteiger partial charge in [-0.2, -0.15) is 0 Å². The van der Waals surface area contributed by atoms with Gasteiger partial charge in [0, 0.05) is 23.5 Å². The van der Waals surface area contributed by atoms with E-state index in [1.165, 1.54) is 12.1 Å². The van der Waals surface area contributed by atoms with E-state index in [0.29, 0.717) is 17.8 Å². The number of benzene rings is 3. The summed E-state index contributed by atoms with van der Waals surface area (Å²) in [5, 5.41) is 6.08. The second-order valence-corrected chi connectivity index (χ2v) is 5.74. The number of amides is 1. The zero-order chi connectivity index (χ0) is 18.4. The molecule has 0 aliphatic carbocycles. The standard InChI is InChI=1S/C21H19FN2O2/c1-26-20-12-10-19(11-13-20)24-21(25)16-4-8-18(9-5-16)23-14-15-2-6-17(22)7-3-15/h2-13,23H,14H2,1H3,(H,24,25). The van der Waals surface area contributed by atoms with Crippen molar-refractivity contribution in [3.8, 4) is 5.75 Å². The highest BCUT2D eigenvalue weighted by Crippen LogP contribution is 2.17.